The molecule has 110 valence electrons. The fourth-order valence-corrected chi connectivity index (χ4v) is 2.56. The number of benzene rings is 1. The first-order valence-corrected chi connectivity index (χ1v) is 6.97. The number of hydrogen-bond donors (Lipinski definition) is 0. The summed E-state index contributed by atoms with van der Waals surface area (Å²) in [6.07, 6.45) is 0.678. The molecule has 8 heteroatoms. The third-order valence-corrected chi connectivity index (χ3v) is 3.92. The topological polar surface area (TPSA) is 95.2 Å². The van der Waals surface area contributed by atoms with Gasteiger partial charge in [0.15, 0.2) is 0 Å². The SMILES string of the molecule is COC(=O)CCc1nnc(-c2ccc(C)c([N+](=O)[O-])c2)s1. The molecule has 7 nitrogen and oxygen atoms in total. The van der Waals surface area contributed by atoms with Crippen LogP contribution in [0.1, 0.15) is 17.0 Å². The maximum atomic E-state index is 11.1. The normalized spacial score (nSPS) is 10.4. The molecule has 2 aromatic rings. The van der Waals surface area contributed by atoms with Crippen molar-refractivity contribution >= 4 is 23.0 Å². The van der Waals surface area contributed by atoms with Crippen molar-refractivity contribution in [2.24, 2.45) is 0 Å². The van der Waals surface area contributed by atoms with Crippen LogP contribution >= 0.6 is 11.3 Å². The molecule has 0 spiro atoms. The Morgan fingerprint density at radius 3 is 2.86 bits per heavy atom. The molecule has 0 saturated carbocycles. The molecule has 1 aromatic heterocycles. The molecule has 0 radical (unpaired) electrons. The number of nitro benzene ring substituents is 1. The van der Waals surface area contributed by atoms with Crippen molar-refractivity contribution in [1.82, 2.24) is 10.2 Å². The second kappa shape index (κ2) is 6.40. The number of rotatable bonds is 5. The van der Waals surface area contributed by atoms with E-state index in [4.69, 9.17) is 0 Å². The van der Waals surface area contributed by atoms with Crippen molar-refractivity contribution in [2.45, 2.75) is 19.8 Å². The highest BCUT2D eigenvalue weighted by molar-refractivity contribution is 7.14. The van der Waals surface area contributed by atoms with Crippen molar-refractivity contribution in [3.63, 3.8) is 0 Å². The lowest BCUT2D eigenvalue weighted by atomic mass is 10.1. The summed E-state index contributed by atoms with van der Waals surface area (Å²) in [6.45, 7) is 1.68. The van der Waals surface area contributed by atoms with Crippen molar-refractivity contribution in [3.05, 3.63) is 38.9 Å². The Kier molecular flexibility index (Phi) is 4.59. The first kappa shape index (κ1) is 15.0. The number of carbonyl (C=O) groups excluding carboxylic acids is 1. The Morgan fingerprint density at radius 1 is 1.43 bits per heavy atom. The number of nitro groups is 1. The van der Waals surface area contributed by atoms with Gasteiger partial charge in [-0.05, 0) is 6.92 Å². The summed E-state index contributed by atoms with van der Waals surface area (Å²) in [4.78, 5) is 21.6. The minimum absolute atomic E-state index is 0.0545. The maximum absolute atomic E-state index is 11.1. The molecule has 2 rings (SSSR count). The van der Waals surface area contributed by atoms with Gasteiger partial charge < -0.3 is 4.74 Å². The highest BCUT2D eigenvalue weighted by Gasteiger charge is 2.15. The molecule has 0 N–H and O–H groups in total. The van der Waals surface area contributed by atoms with Crippen LogP contribution in [0.5, 0.6) is 0 Å². The molecule has 0 aliphatic heterocycles. The predicted molar refractivity (Wildman–Crippen MR) is 77.1 cm³/mol. The third-order valence-electron chi connectivity index (χ3n) is 2.89. The van der Waals surface area contributed by atoms with Gasteiger partial charge in [-0.2, -0.15) is 0 Å². The molecule has 0 saturated heterocycles. The van der Waals surface area contributed by atoms with E-state index in [9.17, 15) is 14.9 Å². The molecule has 0 aliphatic rings. The number of aryl methyl sites for hydroxylation is 2. The summed E-state index contributed by atoms with van der Waals surface area (Å²) in [5, 5.41) is 20.2. The molecule has 1 heterocycles. The van der Waals surface area contributed by atoms with Gasteiger partial charge in [-0.3, -0.25) is 14.9 Å². The van der Waals surface area contributed by atoms with E-state index < -0.39 is 4.92 Å². The van der Waals surface area contributed by atoms with Crippen LogP contribution in [-0.4, -0.2) is 28.2 Å². The average molecular weight is 307 g/mol. The monoisotopic (exact) mass is 307 g/mol. The molecular weight excluding hydrogens is 294 g/mol. The molecular formula is C13H13N3O4S. The van der Waals surface area contributed by atoms with Crippen molar-refractivity contribution in [2.75, 3.05) is 7.11 Å². The van der Waals surface area contributed by atoms with Gasteiger partial charge in [-0.15, -0.1) is 10.2 Å². The van der Waals surface area contributed by atoms with Crippen LogP contribution in [0.2, 0.25) is 0 Å². The molecule has 0 amide bonds. The molecule has 0 bridgehead atoms. The fourth-order valence-electron chi connectivity index (χ4n) is 1.72. The summed E-state index contributed by atoms with van der Waals surface area (Å²) < 4.78 is 4.56. The zero-order chi connectivity index (χ0) is 15.4. The summed E-state index contributed by atoms with van der Waals surface area (Å²) in [5.41, 5.74) is 1.30. The van der Waals surface area contributed by atoms with Gasteiger partial charge in [0.05, 0.1) is 18.5 Å². The van der Waals surface area contributed by atoms with E-state index in [1.807, 2.05) is 0 Å². The standard InChI is InChI=1S/C13H13N3O4S/c1-8-3-4-9(7-10(8)16(18)19)13-15-14-11(21-13)5-6-12(17)20-2/h3-4,7H,5-6H2,1-2H3. The number of methoxy groups -OCH3 is 1. The lowest BCUT2D eigenvalue weighted by Crippen LogP contribution is -2.01. The Bertz CT molecular complexity index is 684. The van der Waals surface area contributed by atoms with Gasteiger partial charge in [0.25, 0.3) is 5.69 Å². The average Bonchev–Trinajstić information content (AvgIpc) is 2.93. The first-order chi connectivity index (χ1) is 10.0. The van der Waals surface area contributed by atoms with Crippen LogP contribution in [0, 0.1) is 17.0 Å². The number of nitrogens with zero attached hydrogens (tertiary/aromatic N) is 3. The van der Waals surface area contributed by atoms with E-state index in [-0.39, 0.29) is 18.1 Å². The van der Waals surface area contributed by atoms with E-state index in [2.05, 4.69) is 14.9 Å². The van der Waals surface area contributed by atoms with Gasteiger partial charge in [0, 0.05) is 23.6 Å². The van der Waals surface area contributed by atoms with Crippen LogP contribution in [0.3, 0.4) is 0 Å². The second-order valence-electron chi connectivity index (χ2n) is 4.34. The molecule has 0 unspecified atom stereocenters. The van der Waals surface area contributed by atoms with Crippen LogP contribution < -0.4 is 0 Å². The smallest absolute Gasteiger partial charge is 0.305 e. The van der Waals surface area contributed by atoms with Crippen LogP contribution in [-0.2, 0) is 16.0 Å². The number of hydrogen-bond acceptors (Lipinski definition) is 7. The van der Waals surface area contributed by atoms with E-state index in [1.165, 1.54) is 24.5 Å². The molecule has 21 heavy (non-hydrogen) atoms. The Balaban J connectivity index is 2.19. The fraction of sp³-hybridized carbons (Fsp3) is 0.308. The summed E-state index contributed by atoms with van der Waals surface area (Å²) in [7, 11) is 1.33. The zero-order valence-electron chi connectivity index (χ0n) is 11.5. The Hall–Kier alpha value is -2.35. The van der Waals surface area contributed by atoms with Crippen LogP contribution in [0.15, 0.2) is 18.2 Å². The minimum Gasteiger partial charge on any atom is -0.469 e. The lowest BCUT2D eigenvalue weighted by molar-refractivity contribution is -0.385. The van der Waals surface area contributed by atoms with Gasteiger partial charge in [0.1, 0.15) is 10.0 Å². The van der Waals surface area contributed by atoms with Gasteiger partial charge in [-0.1, -0.05) is 23.5 Å². The largest absolute Gasteiger partial charge is 0.469 e. The Labute approximate surface area is 124 Å². The van der Waals surface area contributed by atoms with Crippen molar-refractivity contribution in [1.29, 1.82) is 0 Å². The lowest BCUT2D eigenvalue weighted by Gasteiger charge is -1.99. The first-order valence-electron chi connectivity index (χ1n) is 6.16. The van der Waals surface area contributed by atoms with Crippen molar-refractivity contribution < 1.29 is 14.5 Å². The van der Waals surface area contributed by atoms with Crippen molar-refractivity contribution in [3.8, 4) is 10.6 Å². The van der Waals surface area contributed by atoms with E-state index in [1.54, 1.807) is 19.1 Å². The summed E-state index contributed by atoms with van der Waals surface area (Å²) >= 11 is 1.31. The van der Waals surface area contributed by atoms with E-state index >= 15 is 0 Å². The molecule has 0 fully saturated rings. The summed E-state index contributed by atoms with van der Waals surface area (Å²) in [6, 6.07) is 4.94. The minimum atomic E-state index is -0.419. The number of ether oxygens (including phenoxy) is 1. The van der Waals surface area contributed by atoms with E-state index in [0.29, 0.717) is 27.6 Å². The van der Waals surface area contributed by atoms with Gasteiger partial charge >= 0.3 is 5.97 Å². The Morgan fingerprint density at radius 2 is 2.19 bits per heavy atom. The molecule has 0 aliphatic carbocycles. The quantitative estimate of drug-likeness (QED) is 0.478. The molecule has 0 atom stereocenters. The van der Waals surface area contributed by atoms with Gasteiger partial charge in [-0.25, -0.2) is 0 Å². The third kappa shape index (κ3) is 3.60. The van der Waals surface area contributed by atoms with Crippen LogP contribution in [0.25, 0.3) is 10.6 Å². The highest BCUT2D eigenvalue weighted by atomic mass is 32.1. The number of aromatic nitrogens is 2. The van der Waals surface area contributed by atoms with E-state index in [0.717, 1.165) is 0 Å². The van der Waals surface area contributed by atoms with Crippen LogP contribution in [0.4, 0.5) is 5.69 Å². The highest BCUT2D eigenvalue weighted by Crippen LogP contribution is 2.29. The number of esters is 1. The second-order valence-corrected chi connectivity index (χ2v) is 5.40. The zero-order valence-corrected chi connectivity index (χ0v) is 12.3. The summed E-state index contributed by atoms with van der Waals surface area (Å²) in [5.74, 6) is -0.308. The predicted octanol–water partition coefficient (Wildman–Crippen LogP) is 2.53. The maximum Gasteiger partial charge on any atom is 0.305 e. The van der Waals surface area contributed by atoms with Gasteiger partial charge in [0.2, 0.25) is 0 Å². The molecule has 1 aromatic carbocycles. The number of carbonyl (C=O) groups is 1.